The lowest BCUT2D eigenvalue weighted by atomic mass is 9.33. The number of hydrogen-bond acceptors (Lipinski definition) is 2. The lowest BCUT2D eigenvalue weighted by Crippen LogP contribution is -2.60. The van der Waals surface area contributed by atoms with E-state index in [-0.39, 0.29) is 6.71 Å². The van der Waals surface area contributed by atoms with Gasteiger partial charge in [0, 0.05) is 86.5 Å². The number of para-hydroxylation sites is 5. The minimum atomic E-state index is -0.120. The quantitative estimate of drug-likeness (QED) is 0.157. The summed E-state index contributed by atoms with van der Waals surface area (Å²) in [7, 11) is 0. The first-order valence-corrected chi connectivity index (χ1v) is 27.8. The first kappa shape index (κ1) is 42.4. The van der Waals surface area contributed by atoms with E-state index < -0.39 is 0 Å². The van der Waals surface area contributed by atoms with Crippen molar-refractivity contribution in [1.29, 1.82) is 0 Å². The van der Waals surface area contributed by atoms with Gasteiger partial charge in [-0.2, -0.15) is 0 Å². The van der Waals surface area contributed by atoms with E-state index in [0.29, 0.717) is 0 Å². The van der Waals surface area contributed by atoms with Crippen LogP contribution in [-0.2, 0) is 0 Å². The van der Waals surface area contributed by atoms with Crippen LogP contribution in [0.25, 0.3) is 125 Å². The smallest absolute Gasteiger partial charge is 0.254 e. The third kappa shape index (κ3) is 5.68. The number of thiophene rings is 1. The van der Waals surface area contributed by atoms with E-state index in [2.05, 4.69) is 279 Å². The average molecular weight is 1010 g/mol. The monoisotopic (exact) mass is 1010 g/mol. The number of aromatic nitrogens is 3. The molecule has 6 heterocycles. The highest BCUT2D eigenvalue weighted by Crippen LogP contribution is 2.50. The average Bonchev–Trinajstić information content (AvgIpc) is 4.24. The molecular weight excluding hydrogens is 964 g/mol. The van der Waals surface area contributed by atoms with Crippen molar-refractivity contribution in [2.45, 2.75) is 0 Å². The maximum Gasteiger partial charge on any atom is 0.254 e. The number of rotatable bonds is 5. The Morgan fingerprint density at radius 3 is 1.60 bits per heavy atom. The zero-order valence-electron chi connectivity index (χ0n) is 42.1. The highest BCUT2D eigenvalue weighted by atomic mass is 32.1. The summed E-state index contributed by atoms with van der Waals surface area (Å²) in [6.45, 7) is -0.120. The topological polar surface area (TPSA) is 18.0 Å². The summed E-state index contributed by atoms with van der Waals surface area (Å²) in [5.41, 5.74) is 23.0. The van der Waals surface area contributed by atoms with E-state index >= 15 is 0 Å². The van der Waals surface area contributed by atoms with E-state index in [1.54, 1.807) is 0 Å². The van der Waals surface area contributed by atoms with Gasteiger partial charge in [0.05, 0.1) is 38.8 Å². The van der Waals surface area contributed by atoms with Crippen LogP contribution in [-0.4, -0.2) is 20.4 Å². The van der Waals surface area contributed by atoms with Crippen molar-refractivity contribution in [3.05, 3.63) is 261 Å². The molecule has 0 amide bonds. The molecular formula is C72H43BN4S. The second kappa shape index (κ2) is 15.8. The molecule has 18 rings (SSSR count). The van der Waals surface area contributed by atoms with Crippen LogP contribution in [0.2, 0.25) is 0 Å². The molecule has 2 aliphatic rings. The summed E-state index contributed by atoms with van der Waals surface area (Å²) < 4.78 is 10.3. The van der Waals surface area contributed by atoms with E-state index in [1.165, 1.54) is 141 Å². The first-order chi connectivity index (χ1) is 38.7. The fourth-order valence-corrected chi connectivity index (χ4v) is 15.3. The summed E-state index contributed by atoms with van der Waals surface area (Å²) in [6, 6.07) is 97.6. The first-order valence-electron chi connectivity index (χ1n) is 27.0. The van der Waals surface area contributed by atoms with Crippen LogP contribution in [0.4, 0.5) is 17.1 Å². The second-order valence-corrected chi connectivity index (χ2v) is 22.2. The van der Waals surface area contributed by atoms with Crippen molar-refractivity contribution >= 4 is 137 Å². The number of anilines is 3. The molecule has 12 aromatic carbocycles. The fraction of sp³-hybridized carbons (Fsp3) is 0. The van der Waals surface area contributed by atoms with Crippen molar-refractivity contribution in [2.75, 3.05) is 4.90 Å². The van der Waals surface area contributed by atoms with Gasteiger partial charge in [-0.1, -0.05) is 170 Å². The number of fused-ring (bicyclic) bond motifs is 17. The van der Waals surface area contributed by atoms with Gasteiger partial charge in [0.1, 0.15) is 0 Å². The lowest BCUT2D eigenvalue weighted by Gasteiger charge is -2.41. The maximum absolute atomic E-state index is 2.64. The van der Waals surface area contributed by atoms with Gasteiger partial charge in [-0.15, -0.1) is 11.3 Å². The van der Waals surface area contributed by atoms with Crippen molar-refractivity contribution in [2.24, 2.45) is 0 Å². The molecule has 0 saturated heterocycles. The Hall–Kier alpha value is -9.88. The Morgan fingerprint density at radius 2 is 0.859 bits per heavy atom. The molecule has 0 bridgehead atoms. The molecule has 0 atom stereocenters. The van der Waals surface area contributed by atoms with Crippen LogP contribution in [0, 0.1) is 0 Å². The van der Waals surface area contributed by atoms with Gasteiger partial charge < -0.3 is 18.6 Å². The molecule has 360 valence electrons. The van der Waals surface area contributed by atoms with Crippen molar-refractivity contribution in [3.8, 4) is 39.3 Å². The highest BCUT2D eigenvalue weighted by molar-refractivity contribution is 7.28. The standard InChI is InChI=1S/C72H43BN4S/c1-4-20-44(21-5-1)46-38-66-69-67(39-46)77-62-34-18-13-29-52(62)56-41-57-53-30-14-19-35-68(53)78-72(57)70(71(56)77)73(69)58-43-64-55(42-65(58)76(66)59-31-15-10-26-49(59)45-22-6-2-7-23-45)54-40-48(36-37-63(54)74(64)47-24-8-3-9-25-47)75-60-32-16-11-27-50(60)51-28-12-17-33-61(51)75/h1-43H. The van der Waals surface area contributed by atoms with Crippen molar-refractivity contribution < 1.29 is 0 Å². The Balaban J connectivity index is 1.04. The molecule has 0 saturated carbocycles. The molecule has 78 heavy (non-hydrogen) atoms. The van der Waals surface area contributed by atoms with Crippen molar-refractivity contribution in [1.82, 2.24) is 13.7 Å². The minimum absolute atomic E-state index is 0.120. The normalized spacial score (nSPS) is 12.8. The summed E-state index contributed by atoms with van der Waals surface area (Å²) in [5.74, 6) is 0. The predicted octanol–water partition coefficient (Wildman–Crippen LogP) is 17.3. The number of benzene rings is 12. The molecule has 4 nitrogen and oxygen atoms in total. The fourth-order valence-electron chi connectivity index (χ4n) is 14.0. The number of hydrogen-bond donors (Lipinski definition) is 0. The summed E-state index contributed by atoms with van der Waals surface area (Å²) >= 11 is 1.95. The molecule has 6 heteroatoms. The Labute approximate surface area is 453 Å². The molecule has 2 aliphatic heterocycles. The Morgan fingerprint density at radius 1 is 0.295 bits per heavy atom. The largest absolute Gasteiger partial charge is 0.311 e. The second-order valence-electron chi connectivity index (χ2n) is 21.1. The minimum Gasteiger partial charge on any atom is -0.311 e. The molecule has 0 aliphatic carbocycles. The van der Waals surface area contributed by atoms with Gasteiger partial charge in [-0.05, 0) is 124 Å². The Kier molecular flexibility index (Phi) is 8.60. The molecule has 0 N–H and O–H groups in total. The van der Waals surface area contributed by atoms with Gasteiger partial charge in [-0.25, -0.2) is 0 Å². The zero-order chi connectivity index (χ0) is 50.7. The van der Waals surface area contributed by atoms with Crippen LogP contribution in [0.15, 0.2) is 261 Å². The van der Waals surface area contributed by atoms with Crippen LogP contribution in [0.3, 0.4) is 0 Å². The van der Waals surface area contributed by atoms with Crippen LogP contribution in [0.5, 0.6) is 0 Å². The van der Waals surface area contributed by atoms with Gasteiger partial charge in [0.15, 0.2) is 0 Å². The number of nitrogens with zero attached hydrogens (tertiary/aromatic N) is 4. The third-order valence-corrected chi connectivity index (χ3v) is 18.4. The van der Waals surface area contributed by atoms with Gasteiger partial charge in [0.2, 0.25) is 0 Å². The SMILES string of the molecule is c1ccc(-c2cc3c4c(c2)-n2c5ccccc5c5cc6c(sc7ccccc76)c(c52)B4c2cc4c(cc2N3c2ccccc2-c2ccccc2)c2cc(-n3c5ccccc5c5ccccc53)ccc2n4-c2ccccc2)cc1. The maximum atomic E-state index is 2.64. The van der Waals surface area contributed by atoms with Crippen LogP contribution < -0.4 is 21.3 Å². The van der Waals surface area contributed by atoms with Gasteiger partial charge >= 0.3 is 0 Å². The highest BCUT2D eigenvalue weighted by Gasteiger charge is 2.45. The van der Waals surface area contributed by atoms with Crippen LogP contribution in [0.1, 0.15) is 0 Å². The predicted molar refractivity (Wildman–Crippen MR) is 333 cm³/mol. The van der Waals surface area contributed by atoms with Crippen molar-refractivity contribution in [3.63, 3.8) is 0 Å². The Bertz CT molecular complexity index is 5170. The van der Waals surface area contributed by atoms with Crippen LogP contribution >= 0.6 is 11.3 Å². The third-order valence-electron chi connectivity index (χ3n) is 17.2. The molecule has 4 aromatic heterocycles. The van der Waals surface area contributed by atoms with Gasteiger partial charge in [-0.3, -0.25) is 0 Å². The summed E-state index contributed by atoms with van der Waals surface area (Å²) in [6.07, 6.45) is 0. The molecule has 0 spiro atoms. The zero-order valence-corrected chi connectivity index (χ0v) is 42.9. The molecule has 0 fully saturated rings. The summed E-state index contributed by atoms with van der Waals surface area (Å²) in [5, 5.41) is 10.1. The lowest BCUT2D eigenvalue weighted by molar-refractivity contribution is 1.16. The summed E-state index contributed by atoms with van der Waals surface area (Å²) in [4.78, 5) is 2.64. The molecule has 0 unspecified atom stereocenters. The van der Waals surface area contributed by atoms with E-state index in [1.807, 2.05) is 11.3 Å². The van der Waals surface area contributed by atoms with E-state index in [0.717, 1.165) is 17.1 Å². The van der Waals surface area contributed by atoms with E-state index in [9.17, 15) is 0 Å². The molecule has 0 radical (unpaired) electrons. The van der Waals surface area contributed by atoms with Gasteiger partial charge in [0.25, 0.3) is 6.71 Å². The molecule has 16 aromatic rings. The van der Waals surface area contributed by atoms with E-state index in [4.69, 9.17) is 0 Å².